The number of thioether (sulfide) groups is 1. The first-order chi connectivity index (χ1) is 17.1. The van der Waals surface area contributed by atoms with Gasteiger partial charge in [-0.3, -0.25) is 9.69 Å². The lowest BCUT2D eigenvalue weighted by Crippen LogP contribution is -2.26. The van der Waals surface area contributed by atoms with E-state index in [-0.39, 0.29) is 18.1 Å². The first-order valence-corrected chi connectivity index (χ1v) is 12.3. The minimum atomic E-state index is -0.363. The molecule has 10 heteroatoms. The third-order valence-corrected chi connectivity index (χ3v) is 6.90. The molecule has 0 unspecified atom stereocenters. The van der Waals surface area contributed by atoms with E-state index in [9.17, 15) is 9.59 Å². The fourth-order valence-electron chi connectivity index (χ4n) is 4.07. The number of rotatable bonds is 8. The van der Waals surface area contributed by atoms with Crippen molar-refractivity contribution >= 4 is 35.1 Å². The van der Waals surface area contributed by atoms with Crippen molar-refractivity contribution in [1.82, 2.24) is 15.3 Å². The third-order valence-electron chi connectivity index (χ3n) is 5.83. The van der Waals surface area contributed by atoms with Crippen molar-refractivity contribution in [2.24, 2.45) is 0 Å². The first-order valence-electron chi connectivity index (χ1n) is 11.3. The molecule has 0 bridgehead atoms. The quantitative estimate of drug-likeness (QED) is 0.460. The Morgan fingerprint density at radius 2 is 2.11 bits per heavy atom. The SMILES string of the molecule is COc1cc(-c2cccc(CNCC[C@@H]3CN(c4ccc5c(c4)NC(=O)CS5)C(=O)O3)c2)ncn1. The Balaban J connectivity index is 1.13. The fraction of sp³-hybridized carbons (Fsp3) is 0.280. The van der Waals surface area contributed by atoms with Crippen LogP contribution in [0.3, 0.4) is 0 Å². The summed E-state index contributed by atoms with van der Waals surface area (Å²) in [5.74, 6) is 0.903. The molecule has 0 spiro atoms. The minimum Gasteiger partial charge on any atom is -0.481 e. The maximum absolute atomic E-state index is 12.5. The van der Waals surface area contributed by atoms with Crippen LogP contribution in [0.1, 0.15) is 12.0 Å². The van der Waals surface area contributed by atoms with Crippen molar-refractivity contribution in [2.45, 2.75) is 24.0 Å². The zero-order valence-electron chi connectivity index (χ0n) is 19.2. The standard InChI is InChI=1S/C25H25N5O4S/c1-33-24-11-20(27-15-28-24)17-4-2-3-16(9-17)12-26-8-7-19-13-30(25(32)34-19)18-5-6-22-21(10-18)29-23(31)14-35-22/h2-6,9-11,15,19,26H,7-8,12-14H2,1H3,(H,29,31)/t19-/m1/s1. The van der Waals surface area contributed by atoms with Crippen LogP contribution in [0.2, 0.25) is 0 Å². The smallest absolute Gasteiger partial charge is 0.414 e. The summed E-state index contributed by atoms with van der Waals surface area (Å²) in [6.45, 7) is 1.86. The number of anilines is 2. The van der Waals surface area contributed by atoms with Gasteiger partial charge >= 0.3 is 6.09 Å². The van der Waals surface area contributed by atoms with E-state index in [1.165, 1.54) is 18.1 Å². The maximum atomic E-state index is 12.5. The predicted octanol–water partition coefficient (Wildman–Crippen LogP) is 3.70. The Morgan fingerprint density at radius 3 is 3.00 bits per heavy atom. The van der Waals surface area contributed by atoms with Crippen molar-refractivity contribution < 1.29 is 19.1 Å². The second-order valence-corrected chi connectivity index (χ2v) is 9.26. The summed E-state index contributed by atoms with van der Waals surface area (Å²) in [6, 6.07) is 15.6. The van der Waals surface area contributed by atoms with Gasteiger partial charge in [0, 0.05) is 28.8 Å². The molecular formula is C25H25N5O4S. The minimum absolute atomic E-state index is 0.0325. The highest BCUT2D eigenvalue weighted by molar-refractivity contribution is 8.00. The number of carbonyl (C=O) groups excluding carboxylic acids is 2. The monoisotopic (exact) mass is 491 g/mol. The molecule has 2 N–H and O–H groups in total. The zero-order valence-corrected chi connectivity index (χ0v) is 20.0. The molecule has 1 saturated heterocycles. The largest absolute Gasteiger partial charge is 0.481 e. The van der Waals surface area contributed by atoms with Crippen LogP contribution in [0.25, 0.3) is 11.3 Å². The van der Waals surface area contributed by atoms with Gasteiger partial charge < -0.3 is 20.1 Å². The number of aromatic nitrogens is 2. The third kappa shape index (κ3) is 5.39. The number of methoxy groups -OCH3 is 1. The Bertz CT molecular complexity index is 1250. The summed E-state index contributed by atoms with van der Waals surface area (Å²) in [5.41, 5.74) is 4.38. The Hall–Kier alpha value is -3.63. The molecule has 0 aliphatic carbocycles. The molecule has 1 atom stereocenters. The summed E-state index contributed by atoms with van der Waals surface area (Å²) >= 11 is 1.50. The molecule has 3 aromatic rings. The van der Waals surface area contributed by atoms with Crippen LogP contribution < -0.4 is 20.3 Å². The topological polar surface area (TPSA) is 106 Å². The summed E-state index contributed by atoms with van der Waals surface area (Å²) in [5, 5.41) is 6.29. The van der Waals surface area contributed by atoms with Gasteiger partial charge in [-0.25, -0.2) is 14.8 Å². The lowest BCUT2D eigenvalue weighted by atomic mass is 10.1. The Kier molecular flexibility index (Phi) is 6.82. The van der Waals surface area contributed by atoms with Crippen LogP contribution in [0.15, 0.2) is 59.8 Å². The molecular weight excluding hydrogens is 466 g/mol. The molecule has 35 heavy (non-hydrogen) atoms. The van der Waals surface area contributed by atoms with Crippen molar-refractivity contribution in [1.29, 1.82) is 0 Å². The number of carbonyl (C=O) groups is 2. The second kappa shape index (κ2) is 10.3. The molecule has 2 aliphatic heterocycles. The molecule has 1 aromatic heterocycles. The summed E-state index contributed by atoms with van der Waals surface area (Å²) in [4.78, 5) is 35.2. The fourth-order valence-corrected chi connectivity index (χ4v) is 4.86. The summed E-state index contributed by atoms with van der Waals surface area (Å²) < 4.78 is 10.8. The molecule has 5 rings (SSSR count). The number of fused-ring (bicyclic) bond motifs is 1. The van der Waals surface area contributed by atoms with Crippen molar-refractivity contribution in [3.63, 3.8) is 0 Å². The van der Waals surface area contributed by atoms with Gasteiger partial charge in [0.25, 0.3) is 0 Å². The number of ether oxygens (including phenoxy) is 2. The molecule has 9 nitrogen and oxygen atoms in total. The van der Waals surface area contributed by atoms with E-state index in [0.717, 1.165) is 33.1 Å². The molecule has 2 amide bonds. The van der Waals surface area contributed by atoms with Crippen molar-refractivity contribution in [3.05, 3.63) is 60.4 Å². The number of nitrogens with zero attached hydrogens (tertiary/aromatic N) is 3. The van der Waals surface area contributed by atoms with Crippen LogP contribution in [0, 0.1) is 0 Å². The van der Waals surface area contributed by atoms with E-state index in [1.54, 1.807) is 12.0 Å². The summed E-state index contributed by atoms with van der Waals surface area (Å²) in [7, 11) is 1.58. The van der Waals surface area contributed by atoms with Crippen LogP contribution in [0.4, 0.5) is 16.2 Å². The zero-order chi connectivity index (χ0) is 24.2. The van der Waals surface area contributed by atoms with Crippen LogP contribution in [0.5, 0.6) is 5.88 Å². The number of benzene rings is 2. The summed E-state index contributed by atoms with van der Waals surface area (Å²) in [6.07, 6.45) is 1.63. The van der Waals surface area contributed by atoms with Gasteiger partial charge in [-0.1, -0.05) is 18.2 Å². The molecule has 180 valence electrons. The van der Waals surface area contributed by atoms with Gasteiger partial charge in [-0.15, -0.1) is 11.8 Å². The average Bonchev–Trinajstić information content (AvgIpc) is 3.26. The molecule has 2 aliphatic rings. The average molecular weight is 492 g/mol. The van der Waals surface area contributed by atoms with Crippen LogP contribution in [-0.2, 0) is 16.1 Å². The highest BCUT2D eigenvalue weighted by Gasteiger charge is 2.32. The number of nitrogens with one attached hydrogen (secondary N) is 2. The van der Waals surface area contributed by atoms with E-state index in [2.05, 4.69) is 32.7 Å². The van der Waals surface area contributed by atoms with Crippen LogP contribution in [-0.4, -0.2) is 54.0 Å². The van der Waals surface area contributed by atoms with Crippen molar-refractivity contribution in [2.75, 3.05) is 36.2 Å². The van der Waals surface area contributed by atoms with Crippen LogP contribution >= 0.6 is 11.8 Å². The normalized spacial score (nSPS) is 17.1. The van der Waals surface area contributed by atoms with Gasteiger partial charge in [0.1, 0.15) is 12.4 Å². The Morgan fingerprint density at radius 1 is 1.20 bits per heavy atom. The molecule has 3 heterocycles. The molecule has 0 saturated carbocycles. The number of hydrogen-bond donors (Lipinski definition) is 2. The van der Waals surface area contributed by atoms with E-state index in [4.69, 9.17) is 9.47 Å². The second-order valence-electron chi connectivity index (χ2n) is 8.25. The van der Waals surface area contributed by atoms with Gasteiger partial charge in [-0.05, 0) is 42.8 Å². The van der Waals surface area contributed by atoms with E-state index < -0.39 is 0 Å². The van der Waals surface area contributed by atoms with Crippen molar-refractivity contribution in [3.8, 4) is 17.1 Å². The van der Waals surface area contributed by atoms with Gasteiger partial charge in [0.2, 0.25) is 11.8 Å². The Labute approximate surface area is 207 Å². The highest BCUT2D eigenvalue weighted by Crippen LogP contribution is 2.35. The lowest BCUT2D eigenvalue weighted by molar-refractivity contribution is -0.113. The molecule has 2 aromatic carbocycles. The molecule has 0 radical (unpaired) electrons. The molecule has 1 fully saturated rings. The maximum Gasteiger partial charge on any atom is 0.414 e. The number of amides is 2. The van der Waals surface area contributed by atoms with E-state index in [1.807, 2.05) is 36.4 Å². The lowest BCUT2D eigenvalue weighted by Gasteiger charge is -2.20. The van der Waals surface area contributed by atoms with Gasteiger partial charge in [0.15, 0.2) is 0 Å². The number of cyclic esters (lactones) is 1. The van der Waals surface area contributed by atoms with E-state index >= 15 is 0 Å². The number of hydrogen-bond acceptors (Lipinski definition) is 8. The first kappa shape index (κ1) is 23.1. The van der Waals surface area contributed by atoms with Gasteiger partial charge in [0.05, 0.1) is 30.8 Å². The van der Waals surface area contributed by atoms with E-state index in [0.29, 0.717) is 37.7 Å². The predicted molar refractivity (Wildman–Crippen MR) is 134 cm³/mol. The highest BCUT2D eigenvalue weighted by atomic mass is 32.2. The van der Waals surface area contributed by atoms with Gasteiger partial charge in [-0.2, -0.15) is 0 Å².